The molecule has 11 aromatic carbocycles. The van der Waals surface area contributed by atoms with Crippen LogP contribution in [0.25, 0.3) is 122 Å². The predicted molar refractivity (Wildman–Crippen MR) is 280 cm³/mol. The molecule has 0 atom stereocenters. The van der Waals surface area contributed by atoms with Crippen LogP contribution >= 0.6 is 0 Å². The van der Waals surface area contributed by atoms with Gasteiger partial charge in [-0.2, -0.15) is 0 Å². The van der Waals surface area contributed by atoms with E-state index in [9.17, 15) is 0 Å². The first kappa shape index (κ1) is 39.0. The summed E-state index contributed by atoms with van der Waals surface area (Å²) < 4.78 is 0. The van der Waals surface area contributed by atoms with Crippen LogP contribution in [0.1, 0.15) is 0 Å². The Morgan fingerprint density at radius 1 is 0.0909 bits per heavy atom. The van der Waals surface area contributed by atoms with Gasteiger partial charge < -0.3 is 0 Å². The molecular formula is C66H44. The molecule has 0 saturated heterocycles. The maximum absolute atomic E-state index is 2.30. The fraction of sp³-hybridized carbons (Fsp3) is 0. The van der Waals surface area contributed by atoms with E-state index in [4.69, 9.17) is 0 Å². The quantitative estimate of drug-likeness (QED) is 0.143. The summed E-state index contributed by atoms with van der Waals surface area (Å²) in [5, 5.41) is 0. The molecular weight excluding hydrogens is 793 g/mol. The minimum atomic E-state index is 1.21. The highest BCUT2D eigenvalue weighted by atomic mass is 14.1. The van der Waals surface area contributed by atoms with Crippen molar-refractivity contribution in [3.05, 3.63) is 267 Å². The van der Waals surface area contributed by atoms with Crippen molar-refractivity contribution in [1.29, 1.82) is 0 Å². The van der Waals surface area contributed by atoms with Crippen LogP contribution < -0.4 is 0 Å². The van der Waals surface area contributed by atoms with Crippen LogP contribution in [0.2, 0.25) is 0 Å². The summed E-state index contributed by atoms with van der Waals surface area (Å²) in [5.41, 5.74) is 26.6. The lowest BCUT2D eigenvalue weighted by molar-refractivity contribution is 1.55. The highest BCUT2D eigenvalue weighted by Crippen LogP contribution is 2.35. The molecule has 0 unspecified atom stereocenters. The first-order chi connectivity index (χ1) is 32.6. The van der Waals surface area contributed by atoms with E-state index in [1.165, 1.54) is 122 Å². The Kier molecular flexibility index (Phi) is 9.97. The Hall–Kier alpha value is -8.58. The normalized spacial score (nSPS) is 11.3. The van der Waals surface area contributed by atoms with Crippen LogP contribution in [-0.4, -0.2) is 0 Å². The van der Waals surface area contributed by atoms with E-state index in [1.54, 1.807) is 0 Å². The summed E-state index contributed by atoms with van der Waals surface area (Å²) >= 11 is 0. The van der Waals surface area contributed by atoms with Gasteiger partial charge in [-0.3, -0.25) is 0 Å². The third kappa shape index (κ3) is 7.76. The van der Waals surface area contributed by atoms with Gasteiger partial charge in [0.1, 0.15) is 0 Å². The Morgan fingerprint density at radius 3 is 0.288 bits per heavy atom. The number of hydrogen-bond donors (Lipinski definition) is 0. The highest BCUT2D eigenvalue weighted by molar-refractivity contribution is 5.81. The van der Waals surface area contributed by atoms with Gasteiger partial charge >= 0.3 is 0 Å². The van der Waals surface area contributed by atoms with E-state index < -0.39 is 0 Å². The van der Waals surface area contributed by atoms with Crippen molar-refractivity contribution in [1.82, 2.24) is 0 Å². The second-order valence-electron chi connectivity index (χ2n) is 17.4. The monoisotopic (exact) mass is 836 g/mol. The molecule has 27 rings (SSSR count). The fourth-order valence-corrected chi connectivity index (χ4v) is 9.43. The third-order valence-corrected chi connectivity index (χ3v) is 13.4. The molecule has 0 saturated carbocycles. The van der Waals surface area contributed by atoms with Gasteiger partial charge in [0.15, 0.2) is 0 Å². The van der Waals surface area contributed by atoms with Gasteiger partial charge in [-0.15, -0.1) is 0 Å². The highest BCUT2D eigenvalue weighted by Gasteiger charge is 2.09. The smallest absolute Gasteiger partial charge is 0.0178 e. The zero-order valence-electron chi connectivity index (χ0n) is 36.4. The maximum Gasteiger partial charge on any atom is -0.0178 e. The van der Waals surface area contributed by atoms with Crippen LogP contribution in [0.4, 0.5) is 0 Å². The van der Waals surface area contributed by atoms with Gasteiger partial charge in [0.05, 0.1) is 0 Å². The van der Waals surface area contributed by atoms with Crippen LogP contribution in [-0.2, 0) is 0 Å². The molecule has 0 heteroatoms. The van der Waals surface area contributed by atoms with Gasteiger partial charge in [-0.1, -0.05) is 261 Å². The van der Waals surface area contributed by atoms with Gasteiger partial charge in [0, 0.05) is 0 Å². The van der Waals surface area contributed by atoms with Crippen LogP contribution in [0.3, 0.4) is 0 Å². The SMILES string of the molecule is c1cc2cc(c1)-c1ccc(cc1)-c1ccc(cc1)-c1ccc(cc1)-c1ccc(cc1)-c1ccc(cc1)-c1ccc(cc1)-c1ccc(cc1)-c1ccc(cc1)-c1ccc(cc1)-c1ccc-2cc1. The average molecular weight is 837 g/mol. The molecule has 308 valence electrons. The van der Waals surface area contributed by atoms with Crippen LogP contribution in [0, 0.1) is 0 Å². The van der Waals surface area contributed by atoms with E-state index in [0.717, 1.165) is 0 Å². The lowest BCUT2D eigenvalue weighted by atomic mass is 9.95. The topological polar surface area (TPSA) is 0 Å². The molecule has 16 aliphatic rings. The average Bonchev–Trinajstić information content (AvgIpc) is 3.41. The molecule has 0 heterocycles. The molecule has 0 aromatic heterocycles. The Morgan fingerprint density at radius 2 is 0.182 bits per heavy atom. The van der Waals surface area contributed by atoms with Crippen LogP contribution in [0.5, 0.6) is 0 Å². The molecule has 0 spiro atoms. The molecule has 0 nitrogen and oxygen atoms in total. The Balaban J connectivity index is 0.848. The van der Waals surface area contributed by atoms with Crippen molar-refractivity contribution in [3.63, 3.8) is 0 Å². The molecule has 0 N–H and O–H groups in total. The van der Waals surface area contributed by atoms with E-state index in [-0.39, 0.29) is 0 Å². The standard InChI is InChI=1S/C66H44/c1-2-65-44-66(3-1)64-42-38-62(39-43-64)60-34-30-58(31-35-60)56-26-22-54(23-27-56)52-18-14-50(15-19-52)48-10-6-46(7-11-48)45-4-8-47(9-5-45)49-12-16-51(17-13-49)53-20-24-55(25-21-53)57-28-32-59(33-29-57)61-36-40-63(65)41-37-61/h1-44H. The maximum atomic E-state index is 2.30. The second-order valence-corrected chi connectivity index (χ2v) is 17.4. The molecule has 66 heavy (non-hydrogen) atoms. The molecule has 0 amide bonds. The van der Waals surface area contributed by atoms with Gasteiger partial charge in [0.2, 0.25) is 0 Å². The van der Waals surface area contributed by atoms with E-state index >= 15 is 0 Å². The summed E-state index contributed by atoms with van der Waals surface area (Å²) in [6.45, 7) is 0. The molecule has 0 radical (unpaired) electrons. The Bertz CT molecular complexity index is 3200. The number of rotatable bonds is 0. The molecule has 0 fully saturated rings. The zero-order chi connectivity index (χ0) is 43.8. The molecule has 22 bridgehead atoms. The predicted octanol–water partition coefficient (Wildman–Crippen LogP) is 18.3. The fourth-order valence-electron chi connectivity index (χ4n) is 9.43. The Labute approximate surface area is 387 Å². The summed E-state index contributed by atoms with van der Waals surface area (Å²) in [6.07, 6.45) is 0. The zero-order valence-corrected chi connectivity index (χ0v) is 36.4. The molecule has 11 aromatic rings. The minimum absolute atomic E-state index is 1.21. The molecule has 0 aliphatic heterocycles. The van der Waals surface area contributed by atoms with Gasteiger partial charge in [-0.25, -0.2) is 0 Å². The summed E-state index contributed by atoms with van der Waals surface area (Å²) in [7, 11) is 0. The second kappa shape index (κ2) is 16.8. The first-order valence-electron chi connectivity index (χ1n) is 22.8. The minimum Gasteiger partial charge on any atom is -0.0610 e. The largest absolute Gasteiger partial charge is 0.0610 e. The van der Waals surface area contributed by atoms with Crippen molar-refractivity contribution >= 4 is 0 Å². The van der Waals surface area contributed by atoms with Gasteiger partial charge in [-0.05, 0) is 128 Å². The lowest BCUT2D eigenvalue weighted by Gasteiger charge is -2.10. The third-order valence-electron chi connectivity index (χ3n) is 13.4. The van der Waals surface area contributed by atoms with Crippen molar-refractivity contribution in [3.8, 4) is 122 Å². The van der Waals surface area contributed by atoms with Crippen molar-refractivity contribution in [2.75, 3.05) is 0 Å². The van der Waals surface area contributed by atoms with E-state index in [1.807, 2.05) is 0 Å². The number of hydrogen-bond acceptors (Lipinski definition) is 0. The number of benzene rings is 11. The van der Waals surface area contributed by atoms with Gasteiger partial charge in [0.25, 0.3) is 0 Å². The summed E-state index contributed by atoms with van der Waals surface area (Å²) in [6, 6.07) is 98.1. The van der Waals surface area contributed by atoms with E-state index in [2.05, 4.69) is 267 Å². The van der Waals surface area contributed by atoms with E-state index in [0.29, 0.717) is 0 Å². The van der Waals surface area contributed by atoms with Crippen molar-refractivity contribution in [2.24, 2.45) is 0 Å². The lowest BCUT2D eigenvalue weighted by Crippen LogP contribution is -1.85. The van der Waals surface area contributed by atoms with Crippen LogP contribution in [0.15, 0.2) is 267 Å². The summed E-state index contributed by atoms with van der Waals surface area (Å²) in [5.74, 6) is 0. The summed E-state index contributed by atoms with van der Waals surface area (Å²) in [4.78, 5) is 0. The molecule has 16 aliphatic carbocycles. The van der Waals surface area contributed by atoms with Crippen molar-refractivity contribution < 1.29 is 0 Å². The van der Waals surface area contributed by atoms with Crippen molar-refractivity contribution in [2.45, 2.75) is 0 Å². The first-order valence-corrected chi connectivity index (χ1v) is 22.8.